The molecular weight excluding hydrogens is 552 g/mol. The third-order valence-electron chi connectivity index (χ3n) is 5.40. The van der Waals surface area contributed by atoms with Crippen LogP contribution in [0.5, 0.6) is 0 Å². The molecule has 42 heavy (non-hydrogen) atoms. The van der Waals surface area contributed by atoms with Crippen molar-refractivity contribution in [1.82, 2.24) is 0 Å². The summed E-state index contributed by atoms with van der Waals surface area (Å²) in [6, 6.07) is 31.9. The average molecular weight is 574 g/mol. The van der Waals surface area contributed by atoms with Gasteiger partial charge in [-0.05, 0) is 46.5 Å². The van der Waals surface area contributed by atoms with Crippen LogP contribution in [-0.4, -0.2) is 37.5 Å². The van der Waals surface area contributed by atoms with Gasteiger partial charge in [-0.25, -0.2) is 29.0 Å². The highest BCUT2D eigenvalue weighted by molar-refractivity contribution is 5.90. The number of rotatable bonds is 11. The molecule has 4 aromatic rings. The summed E-state index contributed by atoms with van der Waals surface area (Å²) in [5.74, 6) is -1.84. The molecule has 0 unspecified atom stereocenters. The van der Waals surface area contributed by atoms with Crippen LogP contribution >= 0.6 is 0 Å². The van der Waals surface area contributed by atoms with E-state index in [9.17, 15) is 19.2 Å². The summed E-state index contributed by atoms with van der Waals surface area (Å²) in [5, 5.41) is 8.24. The van der Waals surface area contributed by atoms with Crippen molar-refractivity contribution in [1.29, 1.82) is 0 Å². The van der Waals surface area contributed by atoms with Crippen LogP contribution in [0.25, 0.3) is 22.3 Å². The highest BCUT2D eigenvalue weighted by Crippen LogP contribution is 2.20. The molecule has 0 aliphatic carbocycles. The van der Waals surface area contributed by atoms with Crippen molar-refractivity contribution in [3.63, 3.8) is 0 Å². The minimum atomic E-state index is -1.39. The predicted octanol–water partition coefficient (Wildman–Crippen LogP) is 6.03. The summed E-state index contributed by atoms with van der Waals surface area (Å²) in [4.78, 5) is 64.0. The Labute approximate surface area is 238 Å². The Kier molecular flexibility index (Phi) is 10.6. The average Bonchev–Trinajstić information content (AvgIpc) is 3.04. The Hall–Kier alpha value is -5.72. The zero-order chi connectivity index (χ0) is 29.6. The zero-order valence-electron chi connectivity index (χ0n) is 21.7. The van der Waals surface area contributed by atoms with Gasteiger partial charge in [0.15, 0.2) is 0 Å². The molecule has 0 fully saturated rings. The first kappa shape index (κ1) is 29.3. The molecule has 0 aromatic heterocycles. The molecule has 0 bridgehead atoms. The highest BCUT2D eigenvalue weighted by atomic mass is 17.5. The van der Waals surface area contributed by atoms with E-state index in [4.69, 9.17) is 0 Å². The van der Waals surface area contributed by atoms with Crippen molar-refractivity contribution in [2.75, 3.05) is 13.2 Å². The molecule has 4 rings (SSSR count). The molecule has 0 saturated carbocycles. The van der Waals surface area contributed by atoms with Crippen molar-refractivity contribution < 1.29 is 58.3 Å². The second kappa shape index (κ2) is 15.2. The van der Waals surface area contributed by atoms with E-state index >= 15 is 0 Å². The number of hydrogen-bond acceptors (Lipinski definition) is 12. The van der Waals surface area contributed by atoms with Gasteiger partial charge in [-0.3, -0.25) is 9.78 Å². The highest BCUT2D eigenvalue weighted by Gasteiger charge is 2.15. The van der Waals surface area contributed by atoms with E-state index in [-0.39, 0.29) is 11.1 Å². The molecule has 12 heteroatoms. The van der Waals surface area contributed by atoms with Gasteiger partial charge in [0.2, 0.25) is 0 Å². The summed E-state index contributed by atoms with van der Waals surface area (Å²) in [6.45, 7) is -0.973. The maximum Gasteiger partial charge on any atom is 0.543 e. The molecule has 0 amide bonds. The summed E-state index contributed by atoms with van der Waals surface area (Å²) < 4.78 is 9.10. The number of benzene rings is 4. The van der Waals surface area contributed by atoms with Gasteiger partial charge in [0.05, 0.1) is 21.2 Å². The van der Waals surface area contributed by atoms with Crippen molar-refractivity contribution in [2.45, 2.75) is 0 Å². The second-order valence-corrected chi connectivity index (χ2v) is 8.13. The van der Waals surface area contributed by atoms with Crippen molar-refractivity contribution >= 4 is 24.2 Å². The van der Waals surface area contributed by atoms with Crippen LogP contribution in [-0.2, 0) is 39.1 Å². The first-order valence-electron chi connectivity index (χ1n) is 12.2. The lowest BCUT2D eigenvalue weighted by Crippen LogP contribution is -2.17. The van der Waals surface area contributed by atoms with E-state index in [1.165, 1.54) is 24.3 Å². The molecule has 0 N–H and O–H groups in total. The fourth-order valence-electron chi connectivity index (χ4n) is 3.40. The zero-order valence-corrected chi connectivity index (χ0v) is 21.7. The topological polar surface area (TPSA) is 142 Å². The summed E-state index contributed by atoms with van der Waals surface area (Å²) >= 11 is 0. The number of carbonyl (C=O) groups excluding carboxylic acids is 4. The first-order chi connectivity index (χ1) is 20.5. The predicted molar refractivity (Wildman–Crippen MR) is 142 cm³/mol. The lowest BCUT2D eigenvalue weighted by atomic mass is 10.0. The van der Waals surface area contributed by atoms with Gasteiger partial charge in [-0.15, -0.1) is 0 Å². The number of carbonyl (C=O) groups is 4. The van der Waals surface area contributed by atoms with Gasteiger partial charge in [0.25, 0.3) is 0 Å². The molecule has 0 aliphatic heterocycles. The van der Waals surface area contributed by atoms with Crippen LogP contribution in [0, 0.1) is 0 Å². The molecular formula is C30H22O12. The fraction of sp³-hybridized carbons (Fsp3) is 0.0667. The lowest BCUT2D eigenvalue weighted by Gasteiger charge is -2.06. The van der Waals surface area contributed by atoms with Crippen molar-refractivity contribution in [2.24, 2.45) is 0 Å². The Balaban J connectivity index is 1.04. The Bertz CT molecular complexity index is 1360. The smallest absolute Gasteiger partial charge is 0.429 e. The lowest BCUT2D eigenvalue weighted by molar-refractivity contribution is -0.453. The van der Waals surface area contributed by atoms with Crippen LogP contribution in [0.4, 0.5) is 9.59 Å². The fourth-order valence-corrected chi connectivity index (χ4v) is 3.40. The monoisotopic (exact) mass is 574 g/mol. The van der Waals surface area contributed by atoms with Gasteiger partial charge in [0, 0.05) is 0 Å². The van der Waals surface area contributed by atoms with E-state index in [2.05, 4.69) is 39.1 Å². The van der Waals surface area contributed by atoms with E-state index in [0.717, 1.165) is 22.3 Å². The molecule has 0 radical (unpaired) electrons. The van der Waals surface area contributed by atoms with Gasteiger partial charge in [-0.1, -0.05) is 84.9 Å². The van der Waals surface area contributed by atoms with Gasteiger partial charge in [-0.2, -0.15) is 0 Å². The van der Waals surface area contributed by atoms with Crippen molar-refractivity contribution in [3.05, 3.63) is 120 Å². The molecule has 0 spiro atoms. The number of hydrogen-bond donors (Lipinski definition) is 0. The molecule has 214 valence electrons. The quantitative estimate of drug-likeness (QED) is 0.0892. The van der Waals surface area contributed by atoms with Crippen molar-refractivity contribution in [3.8, 4) is 22.3 Å². The SMILES string of the molecule is O=C(OCCOC(=O)OOOC(=O)c1ccc(-c2ccccc2)cc1)OOOC(=O)c1ccc(-c2ccccc2)cc1. The molecule has 0 saturated heterocycles. The largest absolute Gasteiger partial charge is 0.543 e. The standard InChI is InChI=1S/C30H22O12/c31-27(25-15-11-23(12-16-25)21-7-3-1-4-8-21)37-41-39-29(33)35-19-20-36-30(34)40-42-38-28(32)26-17-13-24(14-18-26)22-9-5-2-6-10-22/h1-18H,19-20H2. The van der Waals surface area contributed by atoms with E-state index < -0.39 is 37.5 Å². The molecule has 4 aromatic carbocycles. The Morgan fingerprint density at radius 1 is 0.405 bits per heavy atom. The Morgan fingerprint density at radius 2 is 0.738 bits per heavy atom. The third kappa shape index (κ3) is 8.91. The van der Waals surface area contributed by atoms with Gasteiger partial charge < -0.3 is 9.47 Å². The normalized spacial score (nSPS) is 10.2. The summed E-state index contributed by atoms with van der Waals surface area (Å²) in [7, 11) is 0. The van der Waals surface area contributed by atoms with Crippen LogP contribution in [0.3, 0.4) is 0 Å². The second-order valence-electron chi connectivity index (χ2n) is 8.13. The third-order valence-corrected chi connectivity index (χ3v) is 5.40. The van der Waals surface area contributed by atoms with Crippen LogP contribution < -0.4 is 0 Å². The molecule has 0 aliphatic rings. The number of ether oxygens (including phenoxy) is 2. The minimum Gasteiger partial charge on any atom is -0.429 e. The minimum absolute atomic E-state index is 0.146. The van der Waals surface area contributed by atoms with Gasteiger partial charge in [0.1, 0.15) is 13.2 Å². The molecule has 12 nitrogen and oxygen atoms in total. The van der Waals surface area contributed by atoms with E-state index in [1.54, 1.807) is 24.3 Å². The van der Waals surface area contributed by atoms with E-state index in [0.29, 0.717) is 0 Å². The maximum atomic E-state index is 12.0. The summed E-state index contributed by atoms with van der Waals surface area (Å²) in [6.07, 6.45) is -2.77. The van der Waals surface area contributed by atoms with Gasteiger partial charge >= 0.3 is 24.2 Å². The maximum absolute atomic E-state index is 12.0. The van der Waals surface area contributed by atoms with Crippen LogP contribution in [0.15, 0.2) is 109 Å². The first-order valence-corrected chi connectivity index (χ1v) is 12.2. The summed E-state index contributed by atoms with van der Waals surface area (Å²) in [5.41, 5.74) is 4.00. The molecule has 0 heterocycles. The van der Waals surface area contributed by atoms with E-state index in [1.807, 2.05) is 60.7 Å². The van der Waals surface area contributed by atoms with Crippen LogP contribution in [0.1, 0.15) is 20.7 Å². The Morgan fingerprint density at radius 3 is 1.10 bits per heavy atom. The molecule has 0 atom stereocenters. The van der Waals surface area contributed by atoms with Crippen LogP contribution in [0.2, 0.25) is 0 Å².